The molecule has 0 aliphatic rings. The minimum atomic E-state index is -2.42. The van der Waals surface area contributed by atoms with Crippen molar-refractivity contribution >= 4 is 11.9 Å². The van der Waals surface area contributed by atoms with Crippen LogP contribution >= 0.6 is 0 Å². The van der Waals surface area contributed by atoms with Crippen LogP contribution in [0.25, 0.3) is 0 Å². The Kier molecular flexibility index (Phi) is 4.78. The Labute approximate surface area is 108 Å². The monoisotopic (exact) mass is 296 g/mol. The van der Waals surface area contributed by atoms with E-state index in [-0.39, 0.29) is 0 Å². The van der Waals surface area contributed by atoms with E-state index in [2.05, 4.69) is 9.47 Å². The van der Waals surface area contributed by atoms with Gasteiger partial charge in [0.1, 0.15) is 0 Å². The molecule has 0 amide bonds. The predicted octanol–water partition coefficient (Wildman–Crippen LogP) is 2.36. The Morgan fingerprint density at radius 2 is 1.30 bits per heavy atom. The zero-order valence-electron chi connectivity index (χ0n) is 9.68. The van der Waals surface area contributed by atoms with Crippen LogP contribution in [0.2, 0.25) is 0 Å². The lowest BCUT2D eigenvalue weighted by molar-refractivity contribution is -0.158. The van der Waals surface area contributed by atoms with E-state index in [0.717, 1.165) is 6.26 Å². The Bertz CT molecular complexity index is 568. The number of allylic oxidation sites excluding steroid dienone is 1. The molecule has 1 rings (SSSR count). The molecule has 0 radical (unpaired) electrons. The molecule has 0 aliphatic heterocycles. The second kappa shape index (κ2) is 6.13. The van der Waals surface area contributed by atoms with Crippen LogP contribution in [0.15, 0.2) is 12.3 Å². The maximum atomic E-state index is 13.1. The summed E-state index contributed by atoms with van der Waals surface area (Å²) >= 11 is 0. The van der Waals surface area contributed by atoms with Crippen molar-refractivity contribution in [3.8, 4) is 5.75 Å². The van der Waals surface area contributed by atoms with Crippen LogP contribution in [0.1, 0.15) is 6.92 Å². The van der Waals surface area contributed by atoms with Crippen molar-refractivity contribution in [3.05, 3.63) is 41.4 Å². The van der Waals surface area contributed by atoms with Crippen LogP contribution in [0.4, 0.5) is 22.0 Å². The number of hydrogen-bond donors (Lipinski definition) is 0. The fraction of sp³-hybridized carbons (Fsp3) is 0.0909. The van der Waals surface area contributed by atoms with Crippen molar-refractivity contribution in [1.29, 1.82) is 0 Å². The summed E-state index contributed by atoms with van der Waals surface area (Å²) in [5, 5.41) is 0. The SMILES string of the molecule is CC=COC(=O)C(=O)Oc1c(F)c(F)c(F)c(F)c1F. The van der Waals surface area contributed by atoms with Crippen LogP contribution in [0.3, 0.4) is 0 Å². The molecule has 0 bridgehead atoms. The minimum Gasteiger partial charge on any atom is -0.426 e. The first-order valence-corrected chi connectivity index (χ1v) is 4.86. The van der Waals surface area contributed by atoms with Gasteiger partial charge < -0.3 is 9.47 Å². The van der Waals surface area contributed by atoms with Crippen molar-refractivity contribution < 1.29 is 41.0 Å². The van der Waals surface area contributed by atoms with Gasteiger partial charge in [0.2, 0.25) is 34.8 Å². The first kappa shape index (κ1) is 15.6. The molecule has 1 aromatic rings. The molecule has 0 N–H and O–H groups in total. The topological polar surface area (TPSA) is 52.6 Å². The average Bonchev–Trinajstić information content (AvgIpc) is 2.44. The van der Waals surface area contributed by atoms with Crippen molar-refractivity contribution in [2.75, 3.05) is 0 Å². The van der Waals surface area contributed by atoms with Crippen molar-refractivity contribution in [2.45, 2.75) is 6.92 Å². The highest BCUT2D eigenvalue weighted by atomic mass is 19.2. The van der Waals surface area contributed by atoms with Crippen LogP contribution in [0.5, 0.6) is 5.75 Å². The molecule has 0 atom stereocenters. The van der Waals surface area contributed by atoms with Crippen LogP contribution in [-0.2, 0) is 14.3 Å². The molecule has 0 aliphatic carbocycles. The van der Waals surface area contributed by atoms with E-state index in [1.807, 2.05) is 0 Å². The summed E-state index contributed by atoms with van der Waals surface area (Å²) in [6, 6.07) is 0. The molecule has 0 spiro atoms. The number of benzene rings is 1. The van der Waals surface area contributed by atoms with Gasteiger partial charge in [0, 0.05) is 0 Å². The van der Waals surface area contributed by atoms with Gasteiger partial charge in [0.05, 0.1) is 6.26 Å². The molecule has 0 unspecified atom stereocenters. The van der Waals surface area contributed by atoms with Crippen molar-refractivity contribution in [3.63, 3.8) is 0 Å². The number of hydrogen-bond acceptors (Lipinski definition) is 4. The standard InChI is InChI=1S/C11H5F5O4/c1-2-3-19-10(17)11(18)20-9-7(15)5(13)4(12)6(14)8(9)16/h2-3H,1H3. The fourth-order valence-electron chi connectivity index (χ4n) is 0.987. The molecule has 0 aromatic heterocycles. The average molecular weight is 296 g/mol. The van der Waals surface area contributed by atoms with Gasteiger partial charge in [-0.05, 0) is 6.92 Å². The second-order valence-electron chi connectivity index (χ2n) is 3.16. The number of carbonyl (C=O) groups is 2. The van der Waals surface area contributed by atoms with Crippen LogP contribution in [-0.4, -0.2) is 11.9 Å². The summed E-state index contributed by atoms with van der Waals surface area (Å²) in [4.78, 5) is 21.9. The minimum absolute atomic E-state index is 0.752. The van der Waals surface area contributed by atoms with Gasteiger partial charge >= 0.3 is 11.9 Å². The van der Waals surface area contributed by atoms with E-state index in [1.165, 1.54) is 13.0 Å². The third-order valence-electron chi connectivity index (χ3n) is 1.84. The van der Waals surface area contributed by atoms with Gasteiger partial charge in [-0.1, -0.05) is 6.08 Å². The highest BCUT2D eigenvalue weighted by Gasteiger charge is 2.30. The molecule has 108 valence electrons. The quantitative estimate of drug-likeness (QED) is 0.160. The van der Waals surface area contributed by atoms with Gasteiger partial charge in [-0.2, -0.15) is 8.78 Å². The summed E-state index contributed by atoms with van der Waals surface area (Å²) in [6.45, 7) is 1.42. The van der Waals surface area contributed by atoms with Gasteiger partial charge in [-0.25, -0.2) is 22.8 Å². The fourth-order valence-corrected chi connectivity index (χ4v) is 0.987. The van der Waals surface area contributed by atoms with E-state index in [1.54, 1.807) is 0 Å². The number of halogens is 5. The Balaban J connectivity index is 3.10. The predicted molar refractivity (Wildman–Crippen MR) is 52.8 cm³/mol. The van der Waals surface area contributed by atoms with Gasteiger partial charge in [-0.3, -0.25) is 0 Å². The smallest absolute Gasteiger partial charge is 0.423 e. The molecule has 0 saturated carbocycles. The van der Waals surface area contributed by atoms with E-state index < -0.39 is 46.8 Å². The summed E-state index contributed by atoms with van der Waals surface area (Å²) < 4.78 is 72.4. The van der Waals surface area contributed by atoms with E-state index in [0.29, 0.717) is 0 Å². The molecule has 4 nitrogen and oxygen atoms in total. The summed E-state index contributed by atoms with van der Waals surface area (Å²) in [5.41, 5.74) is 0. The lowest BCUT2D eigenvalue weighted by atomic mass is 10.2. The lowest BCUT2D eigenvalue weighted by Gasteiger charge is -2.07. The summed E-state index contributed by atoms with van der Waals surface area (Å²) in [7, 11) is 0. The molecule has 0 fully saturated rings. The van der Waals surface area contributed by atoms with Gasteiger partial charge in [0.15, 0.2) is 0 Å². The molecule has 20 heavy (non-hydrogen) atoms. The van der Waals surface area contributed by atoms with Crippen molar-refractivity contribution in [2.24, 2.45) is 0 Å². The largest absolute Gasteiger partial charge is 0.426 e. The normalized spacial score (nSPS) is 10.7. The van der Waals surface area contributed by atoms with E-state index in [4.69, 9.17) is 0 Å². The lowest BCUT2D eigenvalue weighted by Crippen LogP contribution is -2.23. The van der Waals surface area contributed by atoms with Crippen LogP contribution < -0.4 is 4.74 Å². The molecular weight excluding hydrogens is 291 g/mol. The maximum Gasteiger partial charge on any atom is 0.423 e. The first-order valence-electron chi connectivity index (χ1n) is 4.86. The number of rotatable bonds is 2. The van der Waals surface area contributed by atoms with Gasteiger partial charge in [-0.15, -0.1) is 0 Å². The van der Waals surface area contributed by atoms with E-state index >= 15 is 0 Å². The van der Waals surface area contributed by atoms with Gasteiger partial charge in [0.25, 0.3) is 0 Å². The second-order valence-corrected chi connectivity index (χ2v) is 3.16. The van der Waals surface area contributed by atoms with Crippen LogP contribution in [0, 0.1) is 29.1 Å². The molecule has 1 aromatic carbocycles. The molecular formula is C11H5F5O4. The summed E-state index contributed by atoms with van der Waals surface area (Å²) in [5.74, 6) is -17.3. The maximum absolute atomic E-state index is 13.1. The molecule has 0 heterocycles. The zero-order chi connectivity index (χ0) is 15.4. The highest BCUT2D eigenvalue weighted by Crippen LogP contribution is 2.29. The summed E-state index contributed by atoms with van der Waals surface area (Å²) in [6.07, 6.45) is 1.95. The molecule has 9 heteroatoms. The number of carbonyl (C=O) groups excluding carboxylic acids is 2. The Morgan fingerprint density at radius 3 is 1.75 bits per heavy atom. The first-order chi connectivity index (χ1) is 9.31. The van der Waals surface area contributed by atoms with Crippen molar-refractivity contribution in [1.82, 2.24) is 0 Å². The third-order valence-corrected chi connectivity index (χ3v) is 1.84. The molecule has 0 saturated heterocycles. The zero-order valence-corrected chi connectivity index (χ0v) is 9.68. The Morgan fingerprint density at radius 1 is 0.850 bits per heavy atom. The number of esters is 2. The van der Waals surface area contributed by atoms with E-state index in [9.17, 15) is 31.5 Å². The number of ether oxygens (including phenoxy) is 2. The Hall–Kier alpha value is -2.45. The highest BCUT2D eigenvalue weighted by molar-refractivity contribution is 6.30. The third kappa shape index (κ3) is 2.92.